The quantitative estimate of drug-likeness (QED) is 0.651. The fourth-order valence-corrected chi connectivity index (χ4v) is 2.02. The Morgan fingerprint density at radius 3 is 2.48 bits per heavy atom. The molecule has 23 heavy (non-hydrogen) atoms. The Kier molecular flexibility index (Phi) is 5.19. The van der Waals surface area contributed by atoms with Crippen molar-refractivity contribution >= 4 is 29.0 Å². The number of ether oxygens (including phenoxy) is 2. The van der Waals surface area contributed by atoms with Gasteiger partial charge < -0.3 is 20.5 Å². The highest BCUT2D eigenvalue weighted by Crippen LogP contribution is 2.25. The Labute approximate surface area is 134 Å². The van der Waals surface area contributed by atoms with Crippen LogP contribution in [0.15, 0.2) is 42.5 Å². The predicted molar refractivity (Wildman–Crippen MR) is 87.9 cm³/mol. The number of benzene rings is 2. The molecule has 0 aliphatic rings. The summed E-state index contributed by atoms with van der Waals surface area (Å²) in [5.41, 5.74) is 8.47. The van der Waals surface area contributed by atoms with E-state index in [4.69, 9.17) is 10.5 Å². The van der Waals surface area contributed by atoms with E-state index in [9.17, 15) is 9.59 Å². The largest absolute Gasteiger partial charge is 0.465 e. The highest BCUT2D eigenvalue weighted by atomic mass is 16.5. The summed E-state index contributed by atoms with van der Waals surface area (Å²) in [5.74, 6) is -0.835. The number of carbonyl (C=O) groups excluding carboxylic acids is 2. The monoisotopic (exact) mass is 314 g/mol. The number of hydrogen-bond acceptors (Lipinski definition) is 6. The van der Waals surface area contributed by atoms with E-state index in [0.717, 1.165) is 0 Å². The molecule has 0 heterocycles. The lowest BCUT2D eigenvalue weighted by atomic mass is 10.1. The molecular formula is C17H18N2O4. The van der Waals surface area contributed by atoms with E-state index in [1.54, 1.807) is 43.3 Å². The number of nitrogen functional groups attached to an aromatic ring is 1. The lowest BCUT2D eigenvalue weighted by molar-refractivity contribution is 0.0525. The maximum atomic E-state index is 11.7. The van der Waals surface area contributed by atoms with Crippen molar-refractivity contribution in [3.63, 3.8) is 0 Å². The number of nitrogens with one attached hydrogen (secondary N) is 1. The molecule has 0 saturated heterocycles. The zero-order valence-electron chi connectivity index (χ0n) is 13.0. The van der Waals surface area contributed by atoms with Gasteiger partial charge in [-0.3, -0.25) is 0 Å². The molecule has 120 valence electrons. The van der Waals surface area contributed by atoms with Gasteiger partial charge >= 0.3 is 11.9 Å². The summed E-state index contributed by atoms with van der Waals surface area (Å²) in [6.07, 6.45) is 0. The molecule has 0 aliphatic carbocycles. The Bertz CT molecular complexity index is 728. The lowest BCUT2D eigenvalue weighted by Crippen LogP contribution is -2.06. The van der Waals surface area contributed by atoms with Crippen molar-refractivity contribution in [1.82, 2.24) is 0 Å². The smallest absolute Gasteiger partial charge is 0.338 e. The van der Waals surface area contributed by atoms with E-state index in [0.29, 0.717) is 34.8 Å². The number of esters is 2. The Morgan fingerprint density at radius 1 is 1.09 bits per heavy atom. The van der Waals surface area contributed by atoms with E-state index >= 15 is 0 Å². The standard InChI is InChI=1S/C17H18N2O4/c1-3-23-17(21)11-5-4-6-13(9-11)19-15-8-7-12(10-14(15)18)16(20)22-2/h4-10,19H,3,18H2,1-2H3. The van der Waals surface area contributed by atoms with Crippen molar-refractivity contribution in [3.05, 3.63) is 53.6 Å². The average molecular weight is 314 g/mol. The second kappa shape index (κ2) is 7.31. The molecular weight excluding hydrogens is 296 g/mol. The van der Waals surface area contributed by atoms with Gasteiger partial charge in [0, 0.05) is 5.69 Å². The van der Waals surface area contributed by atoms with E-state index in [-0.39, 0.29) is 5.97 Å². The van der Waals surface area contributed by atoms with Crippen molar-refractivity contribution in [2.45, 2.75) is 6.92 Å². The van der Waals surface area contributed by atoms with Crippen LogP contribution in [0.4, 0.5) is 17.1 Å². The number of anilines is 3. The van der Waals surface area contributed by atoms with Crippen LogP contribution in [0.25, 0.3) is 0 Å². The summed E-state index contributed by atoms with van der Waals surface area (Å²) in [6, 6.07) is 11.7. The fraction of sp³-hybridized carbons (Fsp3) is 0.176. The first kappa shape index (κ1) is 16.4. The lowest BCUT2D eigenvalue weighted by Gasteiger charge is -2.11. The highest BCUT2D eigenvalue weighted by Gasteiger charge is 2.10. The average Bonchev–Trinajstić information content (AvgIpc) is 2.56. The molecule has 0 fully saturated rings. The first-order chi connectivity index (χ1) is 11.0. The molecule has 2 aromatic rings. The Balaban J connectivity index is 2.21. The van der Waals surface area contributed by atoms with Crippen molar-refractivity contribution in [3.8, 4) is 0 Å². The minimum Gasteiger partial charge on any atom is -0.465 e. The third kappa shape index (κ3) is 4.00. The maximum Gasteiger partial charge on any atom is 0.338 e. The van der Waals surface area contributed by atoms with Gasteiger partial charge in [-0.05, 0) is 43.3 Å². The van der Waals surface area contributed by atoms with Crippen molar-refractivity contribution in [1.29, 1.82) is 0 Å². The summed E-state index contributed by atoms with van der Waals surface area (Å²) in [7, 11) is 1.31. The Hall–Kier alpha value is -3.02. The van der Waals surface area contributed by atoms with Gasteiger partial charge in [-0.15, -0.1) is 0 Å². The van der Waals surface area contributed by atoms with Crippen LogP contribution in [0.1, 0.15) is 27.6 Å². The number of nitrogens with two attached hydrogens (primary N) is 1. The number of hydrogen-bond donors (Lipinski definition) is 2. The minimum absolute atomic E-state index is 0.318. The molecule has 0 atom stereocenters. The van der Waals surface area contributed by atoms with Crippen LogP contribution in [-0.4, -0.2) is 25.7 Å². The summed E-state index contributed by atoms with van der Waals surface area (Å²) in [5, 5.41) is 3.11. The molecule has 0 radical (unpaired) electrons. The van der Waals surface area contributed by atoms with E-state index < -0.39 is 5.97 Å². The summed E-state index contributed by atoms with van der Waals surface area (Å²) >= 11 is 0. The topological polar surface area (TPSA) is 90.6 Å². The number of methoxy groups -OCH3 is 1. The zero-order chi connectivity index (χ0) is 16.8. The maximum absolute atomic E-state index is 11.7. The molecule has 0 spiro atoms. The second-order valence-corrected chi connectivity index (χ2v) is 4.72. The molecule has 2 aromatic carbocycles. The second-order valence-electron chi connectivity index (χ2n) is 4.72. The predicted octanol–water partition coefficient (Wildman–Crippen LogP) is 2.98. The molecule has 0 unspecified atom stereocenters. The van der Waals surface area contributed by atoms with Gasteiger partial charge in [0.25, 0.3) is 0 Å². The van der Waals surface area contributed by atoms with Gasteiger partial charge in [0.2, 0.25) is 0 Å². The molecule has 0 aromatic heterocycles. The van der Waals surface area contributed by atoms with Gasteiger partial charge in [0.05, 0.1) is 36.2 Å². The van der Waals surface area contributed by atoms with Crippen LogP contribution in [0.5, 0.6) is 0 Å². The summed E-state index contributed by atoms with van der Waals surface area (Å²) < 4.78 is 9.62. The highest BCUT2D eigenvalue weighted by molar-refractivity contribution is 5.93. The minimum atomic E-state index is -0.451. The molecule has 3 N–H and O–H groups in total. The van der Waals surface area contributed by atoms with Gasteiger partial charge in [-0.1, -0.05) is 6.07 Å². The van der Waals surface area contributed by atoms with Crippen LogP contribution in [-0.2, 0) is 9.47 Å². The van der Waals surface area contributed by atoms with Gasteiger partial charge in [0.1, 0.15) is 0 Å². The summed E-state index contributed by atoms with van der Waals surface area (Å²) in [6.45, 7) is 2.07. The third-order valence-electron chi connectivity index (χ3n) is 3.13. The van der Waals surface area contributed by atoms with E-state index in [1.807, 2.05) is 0 Å². The number of carbonyl (C=O) groups is 2. The van der Waals surface area contributed by atoms with Crippen molar-refractivity contribution < 1.29 is 19.1 Å². The van der Waals surface area contributed by atoms with Crippen LogP contribution in [0.3, 0.4) is 0 Å². The Morgan fingerprint density at radius 2 is 1.83 bits per heavy atom. The van der Waals surface area contributed by atoms with Crippen molar-refractivity contribution in [2.75, 3.05) is 24.8 Å². The molecule has 0 bridgehead atoms. The first-order valence-corrected chi connectivity index (χ1v) is 7.07. The van der Waals surface area contributed by atoms with Gasteiger partial charge in [0.15, 0.2) is 0 Å². The normalized spacial score (nSPS) is 10.0. The van der Waals surface area contributed by atoms with Crippen LogP contribution in [0.2, 0.25) is 0 Å². The molecule has 0 saturated carbocycles. The van der Waals surface area contributed by atoms with Crippen molar-refractivity contribution in [2.24, 2.45) is 0 Å². The fourth-order valence-electron chi connectivity index (χ4n) is 2.02. The van der Waals surface area contributed by atoms with Crippen LogP contribution in [0, 0.1) is 0 Å². The molecule has 6 nitrogen and oxygen atoms in total. The van der Waals surface area contributed by atoms with E-state index in [2.05, 4.69) is 10.1 Å². The third-order valence-corrected chi connectivity index (χ3v) is 3.13. The van der Waals surface area contributed by atoms with Gasteiger partial charge in [-0.25, -0.2) is 9.59 Å². The summed E-state index contributed by atoms with van der Waals surface area (Å²) in [4.78, 5) is 23.2. The van der Waals surface area contributed by atoms with E-state index in [1.165, 1.54) is 13.2 Å². The zero-order valence-corrected chi connectivity index (χ0v) is 13.0. The number of rotatable bonds is 5. The molecule has 0 amide bonds. The van der Waals surface area contributed by atoms with Crippen LogP contribution < -0.4 is 11.1 Å². The first-order valence-electron chi connectivity index (χ1n) is 7.07. The van der Waals surface area contributed by atoms with Gasteiger partial charge in [-0.2, -0.15) is 0 Å². The molecule has 6 heteroatoms. The SMILES string of the molecule is CCOC(=O)c1cccc(Nc2ccc(C(=O)OC)cc2N)c1. The molecule has 2 rings (SSSR count). The van der Waals surface area contributed by atoms with Crippen LogP contribution >= 0.6 is 0 Å². The molecule has 0 aliphatic heterocycles.